The predicted molar refractivity (Wildman–Crippen MR) is 62.8 cm³/mol. The minimum atomic E-state index is -0.851. The van der Waals surface area contributed by atoms with Gasteiger partial charge in [-0.25, -0.2) is 4.79 Å². The fourth-order valence-corrected chi connectivity index (χ4v) is 1.46. The third-order valence-electron chi connectivity index (χ3n) is 2.62. The first-order valence-electron chi connectivity index (χ1n) is 5.20. The van der Waals surface area contributed by atoms with Gasteiger partial charge in [0.2, 0.25) is 6.08 Å². The number of nitrogens with zero attached hydrogens (tertiary/aromatic N) is 1. The van der Waals surface area contributed by atoms with Crippen molar-refractivity contribution in [2.24, 2.45) is 4.99 Å². The molecule has 0 radical (unpaired) electrons. The normalized spacial score (nSPS) is 12.1. The third kappa shape index (κ3) is 2.78. The van der Waals surface area contributed by atoms with Gasteiger partial charge in [-0.3, -0.25) is 0 Å². The third-order valence-corrected chi connectivity index (χ3v) is 2.62. The summed E-state index contributed by atoms with van der Waals surface area (Å²) in [5.41, 5.74) is 0.335. The largest absolute Gasteiger partial charge is 0.386 e. The van der Waals surface area contributed by atoms with E-state index in [1.807, 2.05) is 38.1 Å². The summed E-state index contributed by atoms with van der Waals surface area (Å²) in [4.78, 5) is 14.0. The second kappa shape index (κ2) is 4.20. The maximum absolute atomic E-state index is 10.3. The van der Waals surface area contributed by atoms with Gasteiger partial charge in [0.15, 0.2) is 0 Å². The fraction of sp³-hybridized carbons (Fsp3) is 0.462. The second-order valence-corrected chi connectivity index (χ2v) is 4.90. The average molecular weight is 219 g/mol. The average Bonchev–Trinajstić information content (AvgIpc) is 2.16. The van der Waals surface area contributed by atoms with Gasteiger partial charge in [-0.15, -0.1) is 0 Å². The molecular formula is C13H17NO2. The van der Waals surface area contributed by atoms with Crippen molar-refractivity contribution in [2.45, 2.75) is 38.8 Å². The van der Waals surface area contributed by atoms with E-state index in [4.69, 9.17) is 0 Å². The molecule has 3 heteroatoms. The minimum absolute atomic E-state index is 0.570. The van der Waals surface area contributed by atoms with Crippen LogP contribution in [0.2, 0.25) is 0 Å². The van der Waals surface area contributed by atoms with Crippen LogP contribution in [0.3, 0.4) is 0 Å². The van der Waals surface area contributed by atoms with Crippen molar-refractivity contribution in [3.8, 4) is 0 Å². The zero-order chi connectivity index (χ0) is 12.4. The van der Waals surface area contributed by atoms with E-state index in [1.165, 1.54) is 0 Å². The number of aliphatic hydroxyl groups is 1. The minimum Gasteiger partial charge on any atom is -0.386 e. The van der Waals surface area contributed by atoms with Crippen molar-refractivity contribution in [1.82, 2.24) is 0 Å². The fourth-order valence-electron chi connectivity index (χ4n) is 1.46. The highest BCUT2D eigenvalue weighted by Gasteiger charge is 2.21. The van der Waals surface area contributed by atoms with Gasteiger partial charge in [0.25, 0.3) is 0 Å². The summed E-state index contributed by atoms with van der Waals surface area (Å²) in [6.07, 6.45) is 1.58. The Kier molecular flexibility index (Phi) is 3.32. The Morgan fingerprint density at radius 1 is 1.06 bits per heavy atom. The SMILES string of the molecule is CC(C)(O)c1ccc(C(C)(C)N=C=O)cc1. The quantitative estimate of drug-likeness (QED) is 0.627. The van der Waals surface area contributed by atoms with Gasteiger partial charge in [-0.05, 0) is 38.8 Å². The van der Waals surface area contributed by atoms with Crippen molar-refractivity contribution >= 4 is 6.08 Å². The molecule has 0 aliphatic heterocycles. The highest BCUT2D eigenvalue weighted by atomic mass is 16.3. The van der Waals surface area contributed by atoms with E-state index in [0.29, 0.717) is 0 Å². The number of hydrogen-bond donors (Lipinski definition) is 1. The smallest absolute Gasteiger partial charge is 0.235 e. The van der Waals surface area contributed by atoms with Crippen LogP contribution < -0.4 is 0 Å². The molecule has 0 aromatic heterocycles. The molecule has 0 saturated heterocycles. The standard InChI is InChI=1S/C13H17NO2/c1-12(2,14-9-15)10-5-7-11(8-6-10)13(3,4)16/h5-8,16H,1-4H3. The molecule has 0 aliphatic carbocycles. The first kappa shape index (κ1) is 12.6. The van der Waals surface area contributed by atoms with E-state index in [1.54, 1.807) is 19.9 Å². The van der Waals surface area contributed by atoms with Gasteiger partial charge in [0.1, 0.15) is 0 Å². The van der Waals surface area contributed by atoms with Gasteiger partial charge in [-0.1, -0.05) is 24.3 Å². The van der Waals surface area contributed by atoms with Crippen LogP contribution in [0.4, 0.5) is 0 Å². The number of isocyanates is 1. The summed E-state index contributed by atoms with van der Waals surface area (Å²) in [6.45, 7) is 7.15. The molecule has 0 amide bonds. The van der Waals surface area contributed by atoms with Gasteiger partial charge in [0.05, 0.1) is 11.1 Å². The number of aliphatic imine (C=N–C) groups is 1. The van der Waals surface area contributed by atoms with Crippen LogP contribution in [0.15, 0.2) is 29.3 Å². The summed E-state index contributed by atoms with van der Waals surface area (Å²) >= 11 is 0. The number of carbonyl (C=O) groups excluding carboxylic acids is 1. The molecule has 3 nitrogen and oxygen atoms in total. The molecule has 0 bridgehead atoms. The molecule has 0 spiro atoms. The molecule has 0 aliphatic rings. The van der Waals surface area contributed by atoms with Crippen LogP contribution in [-0.2, 0) is 15.9 Å². The molecular weight excluding hydrogens is 202 g/mol. The highest BCUT2D eigenvalue weighted by Crippen LogP contribution is 2.27. The molecule has 86 valence electrons. The van der Waals surface area contributed by atoms with E-state index >= 15 is 0 Å². The Hall–Kier alpha value is -1.44. The highest BCUT2D eigenvalue weighted by molar-refractivity contribution is 5.38. The van der Waals surface area contributed by atoms with Crippen molar-refractivity contribution < 1.29 is 9.90 Å². The molecule has 1 N–H and O–H groups in total. The van der Waals surface area contributed by atoms with Crippen LogP contribution in [-0.4, -0.2) is 11.2 Å². The molecule has 16 heavy (non-hydrogen) atoms. The first-order valence-corrected chi connectivity index (χ1v) is 5.20. The Morgan fingerprint density at radius 3 is 1.88 bits per heavy atom. The Labute approximate surface area is 95.8 Å². The summed E-state index contributed by atoms with van der Waals surface area (Å²) in [5, 5.41) is 9.80. The predicted octanol–water partition coefficient (Wildman–Crippen LogP) is 2.48. The lowest BCUT2D eigenvalue weighted by molar-refractivity contribution is 0.0785. The maximum atomic E-state index is 10.3. The van der Waals surface area contributed by atoms with Gasteiger partial charge < -0.3 is 5.11 Å². The van der Waals surface area contributed by atoms with Crippen LogP contribution >= 0.6 is 0 Å². The van der Waals surface area contributed by atoms with Crippen molar-refractivity contribution in [2.75, 3.05) is 0 Å². The van der Waals surface area contributed by atoms with E-state index in [0.717, 1.165) is 11.1 Å². The lowest BCUT2D eigenvalue weighted by atomic mass is 9.91. The van der Waals surface area contributed by atoms with Crippen LogP contribution in [0.5, 0.6) is 0 Å². The molecule has 0 unspecified atom stereocenters. The maximum Gasteiger partial charge on any atom is 0.235 e. The van der Waals surface area contributed by atoms with E-state index in [-0.39, 0.29) is 0 Å². The first-order chi connectivity index (χ1) is 7.27. The van der Waals surface area contributed by atoms with Crippen LogP contribution in [0, 0.1) is 0 Å². The number of benzene rings is 1. The molecule has 1 aromatic rings. The van der Waals surface area contributed by atoms with Crippen molar-refractivity contribution in [3.05, 3.63) is 35.4 Å². The summed E-state index contributed by atoms with van der Waals surface area (Å²) < 4.78 is 0. The topological polar surface area (TPSA) is 49.7 Å². The number of rotatable bonds is 3. The lowest BCUT2D eigenvalue weighted by Crippen LogP contribution is -2.17. The molecule has 0 heterocycles. The zero-order valence-corrected chi connectivity index (χ0v) is 10.1. The summed E-state index contributed by atoms with van der Waals surface area (Å²) in [7, 11) is 0. The van der Waals surface area contributed by atoms with Crippen molar-refractivity contribution in [3.63, 3.8) is 0 Å². The molecule has 0 saturated carbocycles. The Balaban J connectivity index is 3.09. The second-order valence-electron chi connectivity index (χ2n) is 4.90. The monoisotopic (exact) mass is 219 g/mol. The Bertz CT molecular complexity index is 407. The van der Waals surface area contributed by atoms with Gasteiger partial charge in [-0.2, -0.15) is 4.99 Å². The summed E-state index contributed by atoms with van der Waals surface area (Å²) in [6, 6.07) is 7.43. The van der Waals surface area contributed by atoms with Crippen molar-refractivity contribution in [1.29, 1.82) is 0 Å². The van der Waals surface area contributed by atoms with E-state index in [2.05, 4.69) is 4.99 Å². The molecule has 1 aromatic carbocycles. The number of hydrogen-bond acceptors (Lipinski definition) is 3. The molecule has 1 rings (SSSR count). The van der Waals surface area contributed by atoms with E-state index in [9.17, 15) is 9.90 Å². The van der Waals surface area contributed by atoms with Gasteiger partial charge >= 0.3 is 0 Å². The zero-order valence-electron chi connectivity index (χ0n) is 10.1. The molecule has 0 fully saturated rings. The lowest BCUT2D eigenvalue weighted by Gasteiger charge is -2.21. The summed E-state index contributed by atoms with van der Waals surface area (Å²) in [5.74, 6) is 0. The van der Waals surface area contributed by atoms with Gasteiger partial charge in [0, 0.05) is 0 Å². The van der Waals surface area contributed by atoms with E-state index < -0.39 is 11.1 Å². The Morgan fingerprint density at radius 2 is 1.50 bits per heavy atom. The molecule has 0 atom stereocenters. The van der Waals surface area contributed by atoms with Crippen LogP contribution in [0.1, 0.15) is 38.8 Å². The van der Waals surface area contributed by atoms with Crippen LogP contribution in [0.25, 0.3) is 0 Å².